The van der Waals surface area contributed by atoms with Crippen LogP contribution in [0.15, 0.2) is 90.2 Å². The summed E-state index contributed by atoms with van der Waals surface area (Å²) in [4.78, 5) is 29.5. The summed E-state index contributed by atoms with van der Waals surface area (Å²) in [5.41, 5.74) is 4.15. The Labute approximate surface area is 193 Å². The molecule has 5 rings (SSSR count). The first-order valence-corrected chi connectivity index (χ1v) is 11.1. The first-order valence-electron chi connectivity index (χ1n) is 10.1. The van der Waals surface area contributed by atoms with E-state index in [0.29, 0.717) is 21.9 Å². The minimum Gasteiger partial charge on any atom is -0.325 e. The molecule has 8 nitrogen and oxygen atoms in total. The van der Waals surface area contributed by atoms with Crippen LogP contribution >= 0.6 is 11.8 Å². The van der Waals surface area contributed by atoms with Gasteiger partial charge in [-0.15, -0.1) is 10.2 Å². The Hall–Kier alpha value is -4.24. The van der Waals surface area contributed by atoms with Crippen molar-refractivity contribution in [1.82, 2.24) is 19.6 Å². The zero-order valence-electron chi connectivity index (χ0n) is 17.3. The molecule has 0 saturated carbocycles. The van der Waals surface area contributed by atoms with Crippen LogP contribution in [0.5, 0.6) is 0 Å². The maximum absolute atomic E-state index is 12.5. The summed E-state index contributed by atoms with van der Waals surface area (Å²) < 4.78 is 1.86. The maximum atomic E-state index is 12.5. The van der Waals surface area contributed by atoms with Gasteiger partial charge in [0.2, 0.25) is 5.91 Å². The van der Waals surface area contributed by atoms with E-state index in [1.165, 1.54) is 11.8 Å². The summed E-state index contributed by atoms with van der Waals surface area (Å²) >= 11 is 1.30. The number of aromatic nitrogens is 4. The van der Waals surface area contributed by atoms with E-state index in [1.807, 2.05) is 59.0 Å². The van der Waals surface area contributed by atoms with Gasteiger partial charge in [-0.05, 0) is 48.5 Å². The van der Waals surface area contributed by atoms with E-state index in [-0.39, 0.29) is 17.6 Å². The fraction of sp³-hybridized carbons (Fsp3) is 0.0417. The van der Waals surface area contributed by atoms with Gasteiger partial charge in [0.15, 0.2) is 5.65 Å². The van der Waals surface area contributed by atoms with Gasteiger partial charge in [-0.2, -0.15) is 0 Å². The Balaban J connectivity index is 1.22. The van der Waals surface area contributed by atoms with E-state index >= 15 is 0 Å². The van der Waals surface area contributed by atoms with Crippen molar-refractivity contribution in [3.8, 4) is 0 Å². The Bertz CT molecular complexity index is 1450. The lowest BCUT2D eigenvalue weighted by atomic mass is 10.2. The highest BCUT2D eigenvalue weighted by atomic mass is 32.2. The van der Waals surface area contributed by atoms with Gasteiger partial charge >= 0.3 is 0 Å². The standard InChI is InChI=1S/C24H18N6O2S/c31-21(14-33-24-22-29-25-15-30(22)20-9-5-4-8-19(20)28-24)26-18-12-10-16(11-13-18)23(32)27-17-6-2-1-3-7-17/h1-13,15H,14H2,(H,26,31)(H,27,32). The summed E-state index contributed by atoms with van der Waals surface area (Å²) in [5, 5.41) is 14.4. The number of hydrogen-bond acceptors (Lipinski definition) is 6. The van der Waals surface area contributed by atoms with Gasteiger partial charge in [-0.25, -0.2) is 4.98 Å². The molecule has 162 valence electrons. The number of nitrogens with zero attached hydrogens (tertiary/aromatic N) is 4. The van der Waals surface area contributed by atoms with Crippen molar-refractivity contribution in [1.29, 1.82) is 0 Å². The van der Waals surface area contributed by atoms with Crippen molar-refractivity contribution in [2.24, 2.45) is 0 Å². The van der Waals surface area contributed by atoms with E-state index in [1.54, 1.807) is 30.6 Å². The molecule has 0 fully saturated rings. The topological polar surface area (TPSA) is 101 Å². The van der Waals surface area contributed by atoms with Gasteiger partial charge < -0.3 is 10.6 Å². The summed E-state index contributed by atoms with van der Waals surface area (Å²) in [6.45, 7) is 0. The smallest absolute Gasteiger partial charge is 0.255 e. The Kier molecular flexibility index (Phi) is 5.69. The average molecular weight is 455 g/mol. The minimum atomic E-state index is -0.214. The largest absolute Gasteiger partial charge is 0.325 e. The number of fused-ring (bicyclic) bond motifs is 3. The number of amides is 2. The lowest BCUT2D eigenvalue weighted by Crippen LogP contribution is -2.15. The van der Waals surface area contributed by atoms with E-state index < -0.39 is 0 Å². The molecule has 0 aliphatic rings. The van der Waals surface area contributed by atoms with Crippen LogP contribution < -0.4 is 10.6 Å². The zero-order chi connectivity index (χ0) is 22.6. The van der Waals surface area contributed by atoms with Gasteiger partial charge in [-0.1, -0.05) is 42.1 Å². The summed E-state index contributed by atoms with van der Waals surface area (Å²) in [6.07, 6.45) is 1.64. The van der Waals surface area contributed by atoms with Gasteiger partial charge in [0.05, 0.1) is 16.8 Å². The monoisotopic (exact) mass is 454 g/mol. The highest BCUT2D eigenvalue weighted by molar-refractivity contribution is 8.00. The third kappa shape index (κ3) is 4.53. The van der Waals surface area contributed by atoms with Crippen molar-refractivity contribution in [2.75, 3.05) is 16.4 Å². The number of carbonyl (C=O) groups excluding carboxylic acids is 2. The van der Waals surface area contributed by atoms with Crippen LogP contribution in [0.2, 0.25) is 0 Å². The number of benzene rings is 3. The van der Waals surface area contributed by atoms with E-state index in [4.69, 9.17) is 0 Å². The summed E-state index contributed by atoms with van der Waals surface area (Å²) in [6, 6.07) is 23.7. The fourth-order valence-electron chi connectivity index (χ4n) is 3.34. The molecule has 0 aliphatic carbocycles. The van der Waals surface area contributed by atoms with Crippen molar-refractivity contribution in [3.63, 3.8) is 0 Å². The van der Waals surface area contributed by atoms with Crippen molar-refractivity contribution >= 4 is 51.6 Å². The normalized spacial score (nSPS) is 10.9. The van der Waals surface area contributed by atoms with Gasteiger partial charge in [0, 0.05) is 16.9 Å². The highest BCUT2D eigenvalue weighted by Crippen LogP contribution is 2.24. The molecule has 9 heteroatoms. The molecular weight excluding hydrogens is 436 g/mol. The van der Waals surface area contributed by atoms with Gasteiger partial charge in [0.1, 0.15) is 11.4 Å². The summed E-state index contributed by atoms with van der Waals surface area (Å²) in [5.74, 6) is -0.243. The number of carbonyl (C=O) groups is 2. The van der Waals surface area contributed by atoms with Gasteiger partial charge in [-0.3, -0.25) is 14.0 Å². The lowest BCUT2D eigenvalue weighted by Gasteiger charge is -2.08. The highest BCUT2D eigenvalue weighted by Gasteiger charge is 2.13. The molecule has 2 amide bonds. The average Bonchev–Trinajstić information content (AvgIpc) is 3.34. The number of thioether (sulfide) groups is 1. The minimum absolute atomic E-state index is 0.157. The van der Waals surface area contributed by atoms with Crippen LogP contribution in [0.25, 0.3) is 16.7 Å². The van der Waals surface area contributed by atoms with Crippen molar-refractivity contribution in [3.05, 3.63) is 90.8 Å². The number of hydrogen-bond donors (Lipinski definition) is 2. The van der Waals surface area contributed by atoms with Crippen LogP contribution in [-0.2, 0) is 4.79 Å². The van der Waals surface area contributed by atoms with E-state index in [9.17, 15) is 9.59 Å². The SMILES string of the molecule is O=C(CSc1nc2ccccc2n2cnnc12)Nc1ccc(C(=O)Nc2ccccc2)cc1. The second-order valence-electron chi connectivity index (χ2n) is 7.16. The number of anilines is 2. The second-order valence-corrected chi connectivity index (χ2v) is 8.13. The molecule has 2 aromatic heterocycles. The van der Waals surface area contributed by atoms with Crippen molar-refractivity contribution in [2.45, 2.75) is 5.03 Å². The van der Waals surface area contributed by atoms with Crippen LogP contribution in [0.1, 0.15) is 10.4 Å². The molecular formula is C24H18N6O2S. The van der Waals surface area contributed by atoms with Crippen LogP contribution in [0.4, 0.5) is 11.4 Å². The molecule has 5 aromatic rings. The molecule has 2 N–H and O–H groups in total. The molecule has 0 spiro atoms. The third-order valence-electron chi connectivity index (χ3n) is 4.90. The predicted molar refractivity (Wildman–Crippen MR) is 128 cm³/mol. The molecule has 0 radical (unpaired) electrons. The Morgan fingerprint density at radius 2 is 1.58 bits per heavy atom. The first kappa shape index (κ1) is 20.7. The van der Waals surface area contributed by atoms with Crippen LogP contribution in [0, 0.1) is 0 Å². The van der Waals surface area contributed by atoms with Crippen LogP contribution in [0.3, 0.4) is 0 Å². The predicted octanol–water partition coefficient (Wildman–Crippen LogP) is 4.26. The molecule has 0 saturated heterocycles. The van der Waals surface area contributed by atoms with E-state index in [2.05, 4.69) is 25.8 Å². The molecule has 3 aromatic carbocycles. The summed E-state index contributed by atoms with van der Waals surface area (Å²) in [7, 11) is 0. The number of nitrogens with one attached hydrogen (secondary N) is 2. The molecule has 2 heterocycles. The maximum Gasteiger partial charge on any atom is 0.255 e. The molecule has 0 unspecified atom stereocenters. The Morgan fingerprint density at radius 3 is 2.39 bits per heavy atom. The zero-order valence-corrected chi connectivity index (χ0v) is 18.1. The van der Waals surface area contributed by atoms with Crippen LogP contribution in [-0.4, -0.2) is 37.1 Å². The lowest BCUT2D eigenvalue weighted by molar-refractivity contribution is -0.113. The Morgan fingerprint density at radius 1 is 0.848 bits per heavy atom. The van der Waals surface area contributed by atoms with Crippen molar-refractivity contribution < 1.29 is 9.59 Å². The molecule has 0 atom stereocenters. The molecule has 33 heavy (non-hydrogen) atoms. The number of para-hydroxylation sites is 3. The quantitative estimate of drug-likeness (QED) is 0.372. The van der Waals surface area contributed by atoms with E-state index in [0.717, 1.165) is 16.7 Å². The second kappa shape index (κ2) is 9.09. The molecule has 0 bridgehead atoms. The fourth-order valence-corrected chi connectivity index (χ4v) is 4.11. The molecule has 0 aliphatic heterocycles. The van der Waals surface area contributed by atoms with Gasteiger partial charge in [0.25, 0.3) is 5.91 Å². The third-order valence-corrected chi connectivity index (χ3v) is 5.86. The first-order chi connectivity index (χ1) is 16.2. The number of rotatable bonds is 6.